The summed E-state index contributed by atoms with van der Waals surface area (Å²) in [6, 6.07) is 7.78. The molecular weight excluding hydrogens is 244 g/mol. The van der Waals surface area contributed by atoms with Crippen LogP contribution in [0.4, 0.5) is 0 Å². The molecule has 1 heterocycles. The Hall–Kier alpha value is -1.59. The van der Waals surface area contributed by atoms with E-state index in [1.54, 1.807) is 0 Å². The fraction of sp³-hybridized carbons (Fsp3) is 0.500. The maximum Gasteiger partial charge on any atom is 0.324 e. The van der Waals surface area contributed by atoms with Gasteiger partial charge in [-0.1, -0.05) is 19.1 Å². The average Bonchev–Trinajstić information content (AvgIpc) is 2.94. The number of hydrazine groups is 1. The van der Waals surface area contributed by atoms with Crippen molar-refractivity contribution in [2.45, 2.75) is 31.8 Å². The van der Waals surface area contributed by atoms with Gasteiger partial charge in [0.25, 0.3) is 0 Å². The molecule has 0 bridgehead atoms. The first-order chi connectivity index (χ1) is 9.24. The van der Waals surface area contributed by atoms with Gasteiger partial charge in [0, 0.05) is 6.04 Å². The monoisotopic (exact) mass is 264 g/mol. The molecule has 0 aliphatic carbocycles. The van der Waals surface area contributed by atoms with Crippen molar-refractivity contribution in [3.63, 3.8) is 0 Å². The van der Waals surface area contributed by atoms with Crippen LogP contribution in [0.25, 0.3) is 0 Å². The van der Waals surface area contributed by atoms with Crippen LogP contribution < -0.4 is 15.6 Å². The highest BCUT2D eigenvalue weighted by Gasteiger charge is 2.30. The Morgan fingerprint density at radius 1 is 1.32 bits per heavy atom. The lowest BCUT2D eigenvalue weighted by atomic mass is 10.0. The third kappa shape index (κ3) is 3.45. The standard InChI is InChI=1S/C14H20N2O3/c1-3-8-19-11-6-4-10(5-7-11)12-9-13(16-15-12)14(17)18-2/h4-7,12-13,15-16H,3,8-9H2,1-2H3. The highest BCUT2D eigenvalue weighted by molar-refractivity contribution is 5.76. The number of esters is 1. The van der Waals surface area contributed by atoms with E-state index < -0.39 is 0 Å². The first kappa shape index (κ1) is 13.8. The molecule has 2 rings (SSSR count). The second kappa shape index (κ2) is 6.54. The lowest BCUT2D eigenvalue weighted by Crippen LogP contribution is -2.36. The zero-order valence-corrected chi connectivity index (χ0v) is 11.3. The molecule has 19 heavy (non-hydrogen) atoms. The Balaban J connectivity index is 1.94. The summed E-state index contributed by atoms with van der Waals surface area (Å²) in [5.74, 6) is 0.638. The topological polar surface area (TPSA) is 59.6 Å². The normalized spacial score (nSPS) is 22.2. The molecule has 1 saturated heterocycles. The molecule has 5 heteroatoms. The van der Waals surface area contributed by atoms with Crippen molar-refractivity contribution in [2.75, 3.05) is 13.7 Å². The van der Waals surface area contributed by atoms with Gasteiger partial charge in [0.1, 0.15) is 11.8 Å². The molecule has 2 N–H and O–H groups in total. The van der Waals surface area contributed by atoms with Crippen LogP contribution in [0, 0.1) is 0 Å². The van der Waals surface area contributed by atoms with E-state index in [9.17, 15) is 4.79 Å². The number of ether oxygens (including phenoxy) is 2. The molecule has 5 nitrogen and oxygen atoms in total. The highest BCUT2D eigenvalue weighted by atomic mass is 16.5. The second-order valence-corrected chi connectivity index (χ2v) is 4.57. The van der Waals surface area contributed by atoms with E-state index in [1.165, 1.54) is 7.11 Å². The molecule has 0 radical (unpaired) electrons. The SMILES string of the molecule is CCCOc1ccc(C2CC(C(=O)OC)NN2)cc1. The van der Waals surface area contributed by atoms with Gasteiger partial charge in [-0.15, -0.1) is 0 Å². The molecule has 1 fully saturated rings. The third-order valence-corrected chi connectivity index (χ3v) is 3.14. The summed E-state index contributed by atoms with van der Waals surface area (Å²) >= 11 is 0. The smallest absolute Gasteiger partial charge is 0.324 e. The first-order valence-electron chi connectivity index (χ1n) is 6.56. The van der Waals surface area contributed by atoms with E-state index >= 15 is 0 Å². The van der Waals surface area contributed by atoms with Gasteiger partial charge >= 0.3 is 5.97 Å². The maximum atomic E-state index is 11.4. The Labute approximate surface area is 113 Å². The Kier molecular flexibility index (Phi) is 4.76. The molecule has 1 aromatic rings. The third-order valence-electron chi connectivity index (χ3n) is 3.14. The fourth-order valence-corrected chi connectivity index (χ4v) is 2.09. The van der Waals surface area contributed by atoms with Gasteiger partial charge in [0.2, 0.25) is 0 Å². The Morgan fingerprint density at radius 2 is 2.05 bits per heavy atom. The maximum absolute atomic E-state index is 11.4. The summed E-state index contributed by atoms with van der Waals surface area (Å²) < 4.78 is 10.3. The van der Waals surface area contributed by atoms with Gasteiger partial charge < -0.3 is 9.47 Å². The van der Waals surface area contributed by atoms with Crippen molar-refractivity contribution in [1.29, 1.82) is 0 Å². The van der Waals surface area contributed by atoms with E-state index in [1.807, 2.05) is 24.3 Å². The van der Waals surface area contributed by atoms with Gasteiger partial charge in [-0.3, -0.25) is 4.79 Å². The molecule has 0 amide bonds. The van der Waals surface area contributed by atoms with Crippen LogP contribution in [0.3, 0.4) is 0 Å². The molecule has 1 aliphatic rings. The van der Waals surface area contributed by atoms with Gasteiger partial charge in [-0.25, -0.2) is 10.9 Å². The number of hydrogen-bond donors (Lipinski definition) is 2. The summed E-state index contributed by atoms with van der Waals surface area (Å²) in [5.41, 5.74) is 7.19. The van der Waals surface area contributed by atoms with Crippen LogP contribution in [0.1, 0.15) is 31.4 Å². The lowest BCUT2D eigenvalue weighted by Gasteiger charge is -2.11. The number of carbonyl (C=O) groups excluding carboxylic acids is 1. The number of hydrogen-bond acceptors (Lipinski definition) is 5. The number of methoxy groups -OCH3 is 1. The molecule has 104 valence electrons. The van der Waals surface area contributed by atoms with Crippen molar-refractivity contribution < 1.29 is 14.3 Å². The molecule has 1 aliphatic heterocycles. The summed E-state index contributed by atoms with van der Waals surface area (Å²) in [6.45, 7) is 2.81. The van der Waals surface area contributed by atoms with E-state index in [0.717, 1.165) is 24.3 Å². The van der Waals surface area contributed by atoms with Crippen molar-refractivity contribution >= 4 is 5.97 Å². The average molecular weight is 264 g/mol. The van der Waals surface area contributed by atoms with Gasteiger partial charge in [0.05, 0.1) is 13.7 Å². The van der Waals surface area contributed by atoms with Crippen molar-refractivity contribution in [1.82, 2.24) is 10.9 Å². The van der Waals surface area contributed by atoms with Gasteiger partial charge in [-0.2, -0.15) is 0 Å². The molecule has 0 aromatic heterocycles. The van der Waals surface area contributed by atoms with Crippen LogP contribution >= 0.6 is 0 Å². The largest absolute Gasteiger partial charge is 0.494 e. The van der Waals surface area contributed by atoms with Crippen LogP contribution in [0.2, 0.25) is 0 Å². The number of benzene rings is 1. The molecule has 2 atom stereocenters. The first-order valence-corrected chi connectivity index (χ1v) is 6.56. The number of nitrogens with one attached hydrogen (secondary N) is 2. The Morgan fingerprint density at radius 3 is 2.68 bits per heavy atom. The molecule has 0 saturated carbocycles. The zero-order chi connectivity index (χ0) is 13.7. The minimum Gasteiger partial charge on any atom is -0.494 e. The fourth-order valence-electron chi connectivity index (χ4n) is 2.09. The predicted octanol–water partition coefficient (Wildman–Crippen LogP) is 1.56. The minimum atomic E-state index is -0.286. The summed E-state index contributed by atoms with van der Waals surface area (Å²) in [5, 5.41) is 0. The van der Waals surface area contributed by atoms with Crippen molar-refractivity contribution in [2.24, 2.45) is 0 Å². The van der Waals surface area contributed by atoms with Crippen LogP contribution in [0.5, 0.6) is 5.75 Å². The molecule has 0 spiro atoms. The van der Waals surface area contributed by atoms with Crippen molar-refractivity contribution in [3.8, 4) is 5.75 Å². The van der Waals surface area contributed by atoms with Crippen LogP contribution in [-0.4, -0.2) is 25.7 Å². The summed E-state index contributed by atoms with van der Waals surface area (Å²) in [7, 11) is 1.40. The van der Waals surface area contributed by atoms with Crippen LogP contribution in [0.15, 0.2) is 24.3 Å². The number of rotatable bonds is 5. The highest BCUT2D eigenvalue weighted by Crippen LogP contribution is 2.24. The molecule has 1 aromatic carbocycles. The molecular formula is C14H20N2O3. The Bertz CT molecular complexity index is 419. The lowest BCUT2D eigenvalue weighted by molar-refractivity contribution is -0.142. The summed E-state index contributed by atoms with van der Waals surface area (Å²) in [6.07, 6.45) is 1.68. The molecule has 2 unspecified atom stereocenters. The second-order valence-electron chi connectivity index (χ2n) is 4.57. The van der Waals surface area contributed by atoms with E-state index in [4.69, 9.17) is 9.47 Å². The number of carbonyl (C=O) groups is 1. The van der Waals surface area contributed by atoms with Gasteiger partial charge in [-0.05, 0) is 30.5 Å². The summed E-state index contributed by atoms with van der Waals surface area (Å²) in [4.78, 5) is 11.4. The van der Waals surface area contributed by atoms with Gasteiger partial charge in [0.15, 0.2) is 0 Å². The van der Waals surface area contributed by atoms with E-state index in [0.29, 0.717) is 6.42 Å². The zero-order valence-electron chi connectivity index (χ0n) is 11.3. The van der Waals surface area contributed by atoms with E-state index in [2.05, 4.69) is 17.8 Å². The van der Waals surface area contributed by atoms with E-state index in [-0.39, 0.29) is 18.1 Å². The van der Waals surface area contributed by atoms with Crippen LogP contribution in [-0.2, 0) is 9.53 Å². The minimum absolute atomic E-state index is 0.115. The van der Waals surface area contributed by atoms with Crippen molar-refractivity contribution in [3.05, 3.63) is 29.8 Å². The quantitative estimate of drug-likeness (QED) is 0.790. The predicted molar refractivity (Wildman–Crippen MR) is 71.7 cm³/mol.